The Balaban J connectivity index is 1.35. The van der Waals surface area contributed by atoms with Crippen LogP contribution < -0.4 is 4.74 Å². The first kappa shape index (κ1) is 24.6. The molecular formula is C28H32N4O3. The molecule has 4 rings (SSSR count). The van der Waals surface area contributed by atoms with E-state index in [0.29, 0.717) is 24.8 Å². The van der Waals surface area contributed by atoms with Crippen LogP contribution in [-0.2, 0) is 11.2 Å². The number of piperidine rings is 1. The van der Waals surface area contributed by atoms with Crippen molar-refractivity contribution >= 4 is 16.9 Å². The van der Waals surface area contributed by atoms with Crippen molar-refractivity contribution in [1.82, 2.24) is 19.9 Å². The average Bonchev–Trinajstić information content (AvgIpc) is 2.88. The quantitative estimate of drug-likeness (QED) is 0.467. The molecule has 1 saturated heterocycles. The number of carboxylic acids is 1. The monoisotopic (exact) mass is 472 g/mol. The number of benzene rings is 1. The van der Waals surface area contributed by atoms with Crippen LogP contribution >= 0.6 is 0 Å². The lowest BCUT2D eigenvalue weighted by atomic mass is 9.79. The second-order valence-corrected chi connectivity index (χ2v) is 9.12. The standard InChI is InChI=1S/C28H32N4O3/c1-35-25-8-9-27-26(18-25)22(11-15-30-27)5-2-4-21-13-17-32(19-23(21)7-10-28(33)34)16-3-6-24-12-14-29-20-31-24/h8-9,11-12,14-15,18,20-21,23H,2,4-5,7,10,13,16-17,19H2,1H3,(H,33,34). The molecule has 182 valence electrons. The Morgan fingerprint density at radius 2 is 2.09 bits per heavy atom. The molecule has 7 nitrogen and oxygen atoms in total. The Kier molecular flexibility index (Phi) is 8.63. The molecule has 0 aliphatic carbocycles. The highest BCUT2D eigenvalue weighted by Gasteiger charge is 2.28. The van der Waals surface area contributed by atoms with Crippen molar-refractivity contribution in [2.24, 2.45) is 11.8 Å². The highest BCUT2D eigenvalue weighted by Crippen LogP contribution is 2.32. The van der Waals surface area contributed by atoms with E-state index >= 15 is 0 Å². The number of nitrogens with zero attached hydrogens (tertiary/aromatic N) is 4. The van der Waals surface area contributed by atoms with E-state index in [-0.39, 0.29) is 6.42 Å². The van der Waals surface area contributed by atoms with E-state index in [1.165, 1.54) is 11.9 Å². The molecule has 3 aromatic rings. The van der Waals surface area contributed by atoms with Gasteiger partial charge in [0.25, 0.3) is 0 Å². The number of aryl methyl sites for hydroxylation is 1. The molecule has 1 aliphatic heterocycles. The zero-order valence-electron chi connectivity index (χ0n) is 20.2. The van der Waals surface area contributed by atoms with Crippen molar-refractivity contribution in [2.45, 2.75) is 38.5 Å². The molecule has 0 saturated carbocycles. The third-order valence-electron chi connectivity index (χ3n) is 6.87. The molecule has 35 heavy (non-hydrogen) atoms. The van der Waals surface area contributed by atoms with Crippen LogP contribution in [0.3, 0.4) is 0 Å². The van der Waals surface area contributed by atoms with Gasteiger partial charge in [0, 0.05) is 30.7 Å². The third kappa shape index (κ3) is 7.00. The Labute approximate surface area is 206 Å². The molecule has 7 heteroatoms. The molecule has 1 fully saturated rings. The summed E-state index contributed by atoms with van der Waals surface area (Å²) >= 11 is 0. The first-order chi connectivity index (χ1) is 17.1. The molecule has 1 aromatic carbocycles. The van der Waals surface area contributed by atoms with Crippen LogP contribution in [0.4, 0.5) is 0 Å². The summed E-state index contributed by atoms with van der Waals surface area (Å²) in [5.41, 5.74) is 2.99. The average molecular weight is 473 g/mol. The first-order valence-corrected chi connectivity index (χ1v) is 12.2. The van der Waals surface area contributed by atoms with Gasteiger partial charge in [-0.05, 0) is 92.3 Å². The molecule has 1 N–H and O–H groups in total. The second kappa shape index (κ2) is 12.3. The van der Waals surface area contributed by atoms with Crippen molar-refractivity contribution in [1.29, 1.82) is 0 Å². The lowest BCUT2D eigenvalue weighted by Gasteiger charge is -2.38. The number of aliphatic carboxylic acids is 1. The van der Waals surface area contributed by atoms with E-state index in [1.54, 1.807) is 19.4 Å². The number of ether oxygens (including phenoxy) is 1. The summed E-state index contributed by atoms with van der Waals surface area (Å²) in [7, 11) is 1.68. The molecule has 0 radical (unpaired) electrons. The molecule has 1 aliphatic rings. The van der Waals surface area contributed by atoms with E-state index in [4.69, 9.17) is 4.74 Å². The van der Waals surface area contributed by atoms with Crippen molar-refractivity contribution in [3.05, 3.63) is 60.3 Å². The smallest absolute Gasteiger partial charge is 0.303 e. The van der Waals surface area contributed by atoms with Gasteiger partial charge in [-0.15, -0.1) is 0 Å². The van der Waals surface area contributed by atoms with Gasteiger partial charge in [-0.1, -0.05) is 5.92 Å². The number of pyridine rings is 1. The van der Waals surface area contributed by atoms with Gasteiger partial charge in [0.2, 0.25) is 0 Å². The molecular weight excluding hydrogens is 440 g/mol. The van der Waals surface area contributed by atoms with E-state index < -0.39 is 5.97 Å². The number of likely N-dealkylation sites (tertiary alicyclic amines) is 1. The van der Waals surface area contributed by atoms with Gasteiger partial charge in [-0.3, -0.25) is 14.7 Å². The molecule has 3 heterocycles. The van der Waals surface area contributed by atoms with Crippen molar-refractivity contribution in [3.8, 4) is 17.6 Å². The van der Waals surface area contributed by atoms with Gasteiger partial charge in [0.1, 0.15) is 17.8 Å². The molecule has 2 aromatic heterocycles. The third-order valence-corrected chi connectivity index (χ3v) is 6.87. The van der Waals surface area contributed by atoms with Gasteiger partial charge in [0.05, 0.1) is 19.2 Å². The summed E-state index contributed by atoms with van der Waals surface area (Å²) < 4.78 is 5.40. The second-order valence-electron chi connectivity index (χ2n) is 9.12. The van der Waals surface area contributed by atoms with Crippen LogP contribution in [0.5, 0.6) is 5.75 Å². The summed E-state index contributed by atoms with van der Waals surface area (Å²) in [6, 6.07) is 9.91. The van der Waals surface area contributed by atoms with E-state index in [0.717, 1.165) is 61.1 Å². The summed E-state index contributed by atoms with van der Waals surface area (Å²) in [5, 5.41) is 10.4. The maximum Gasteiger partial charge on any atom is 0.303 e. The number of carbonyl (C=O) groups is 1. The minimum absolute atomic E-state index is 0.219. The number of hydrogen-bond acceptors (Lipinski definition) is 6. The number of hydrogen-bond donors (Lipinski definition) is 1. The van der Waals surface area contributed by atoms with Crippen molar-refractivity contribution in [3.63, 3.8) is 0 Å². The Morgan fingerprint density at radius 3 is 2.89 bits per heavy atom. The van der Waals surface area contributed by atoms with Crippen molar-refractivity contribution < 1.29 is 14.6 Å². The molecule has 2 atom stereocenters. The van der Waals surface area contributed by atoms with Gasteiger partial charge >= 0.3 is 5.97 Å². The summed E-state index contributed by atoms with van der Waals surface area (Å²) in [4.78, 5) is 26.2. The fourth-order valence-corrected chi connectivity index (χ4v) is 5.00. The number of aromatic nitrogens is 3. The minimum atomic E-state index is -0.721. The highest BCUT2D eigenvalue weighted by molar-refractivity contribution is 5.83. The minimum Gasteiger partial charge on any atom is -0.497 e. The topological polar surface area (TPSA) is 88.4 Å². The van der Waals surface area contributed by atoms with Crippen molar-refractivity contribution in [2.75, 3.05) is 26.7 Å². The molecule has 0 spiro atoms. The maximum atomic E-state index is 11.3. The largest absolute Gasteiger partial charge is 0.497 e. The molecule has 0 bridgehead atoms. The zero-order valence-corrected chi connectivity index (χ0v) is 20.2. The lowest BCUT2D eigenvalue weighted by Crippen LogP contribution is -2.41. The Hall–Kier alpha value is -3.50. The number of methoxy groups -OCH3 is 1. The summed E-state index contributed by atoms with van der Waals surface area (Å²) in [5.74, 6) is 7.33. The summed E-state index contributed by atoms with van der Waals surface area (Å²) in [6.45, 7) is 2.55. The van der Waals surface area contributed by atoms with E-state index in [1.807, 2.05) is 18.3 Å². The Morgan fingerprint density at radius 1 is 1.17 bits per heavy atom. The predicted molar refractivity (Wildman–Crippen MR) is 135 cm³/mol. The van der Waals surface area contributed by atoms with Gasteiger partial charge < -0.3 is 9.84 Å². The fourth-order valence-electron chi connectivity index (χ4n) is 5.00. The van der Waals surface area contributed by atoms with Gasteiger partial charge in [-0.25, -0.2) is 9.97 Å². The van der Waals surface area contributed by atoms with Crippen LogP contribution in [0.1, 0.15) is 43.4 Å². The number of carboxylic acid groups (broad SMARTS) is 1. The van der Waals surface area contributed by atoms with Crippen LogP contribution in [0.2, 0.25) is 0 Å². The predicted octanol–water partition coefficient (Wildman–Crippen LogP) is 4.21. The Bertz CT molecular complexity index is 1190. The van der Waals surface area contributed by atoms with Crippen LogP contribution in [0.25, 0.3) is 10.9 Å². The van der Waals surface area contributed by atoms with E-state index in [9.17, 15) is 9.90 Å². The number of fused-ring (bicyclic) bond motifs is 1. The van der Waals surface area contributed by atoms with Gasteiger partial charge in [0.15, 0.2) is 0 Å². The SMILES string of the molecule is COc1ccc2nccc(CCCC3CCN(CC#Cc4ccncn4)CC3CCC(=O)O)c2c1. The summed E-state index contributed by atoms with van der Waals surface area (Å²) in [6.07, 6.45) is 10.2. The molecule has 0 amide bonds. The van der Waals surface area contributed by atoms with Crippen LogP contribution in [-0.4, -0.2) is 57.7 Å². The zero-order chi connectivity index (χ0) is 24.5. The van der Waals surface area contributed by atoms with Crippen LogP contribution in [0, 0.1) is 23.7 Å². The van der Waals surface area contributed by atoms with Crippen LogP contribution in [0.15, 0.2) is 49.1 Å². The fraction of sp³-hybridized carbons (Fsp3) is 0.429. The number of rotatable bonds is 9. The highest BCUT2D eigenvalue weighted by atomic mass is 16.5. The van der Waals surface area contributed by atoms with Gasteiger partial charge in [-0.2, -0.15) is 0 Å². The normalized spacial score (nSPS) is 18.1. The lowest BCUT2D eigenvalue weighted by molar-refractivity contribution is -0.137. The molecule has 2 unspecified atom stereocenters. The van der Waals surface area contributed by atoms with E-state index in [2.05, 4.69) is 43.8 Å². The maximum absolute atomic E-state index is 11.3. The first-order valence-electron chi connectivity index (χ1n) is 12.2.